The summed E-state index contributed by atoms with van der Waals surface area (Å²) < 4.78 is 38.7. The summed E-state index contributed by atoms with van der Waals surface area (Å²) in [6.45, 7) is 3.33. The number of furan rings is 1. The van der Waals surface area contributed by atoms with E-state index in [9.17, 15) is 28.1 Å². The molecule has 0 saturated heterocycles. The first-order valence-electron chi connectivity index (χ1n) is 10.7. The van der Waals surface area contributed by atoms with E-state index in [0.717, 1.165) is 6.07 Å². The second kappa shape index (κ2) is 9.62. The number of carbonyl (C=O) groups is 2. The highest BCUT2D eigenvalue weighted by Crippen LogP contribution is 2.33. The Morgan fingerprint density at radius 1 is 1.03 bits per heavy atom. The van der Waals surface area contributed by atoms with Crippen LogP contribution in [0.25, 0.3) is 11.0 Å². The van der Waals surface area contributed by atoms with Crippen LogP contribution in [0, 0.1) is 17.0 Å². The van der Waals surface area contributed by atoms with Crippen LogP contribution in [-0.4, -0.2) is 31.8 Å². The number of carbonyl (C=O) groups excluding carboxylic acids is 2. The number of sulfonamides is 1. The first kappa shape index (κ1) is 24.6. The number of nitro groups is 1. The average molecular weight is 509 g/mol. The molecule has 0 fully saturated rings. The summed E-state index contributed by atoms with van der Waals surface area (Å²) in [6.07, 6.45) is 0. The molecule has 0 saturated carbocycles. The fraction of sp³-hybridized carbons (Fsp3) is 0.120. The largest absolute Gasteiger partial charge is 0.462 e. The molecule has 10 nitrogen and oxygen atoms in total. The number of nitrogens with zero attached hydrogens (tertiary/aromatic N) is 2. The molecule has 0 aliphatic rings. The third kappa shape index (κ3) is 4.43. The van der Waals surface area contributed by atoms with Gasteiger partial charge in [0.05, 0.1) is 22.1 Å². The van der Waals surface area contributed by atoms with Gasteiger partial charge < -0.3 is 9.15 Å². The van der Waals surface area contributed by atoms with Crippen molar-refractivity contribution in [1.82, 2.24) is 0 Å². The Morgan fingerprint density at radius 2 is 1.75 bits per heavy atom. The van der Waals surface area contributed by atoms with E-state index < -0.39 is 26.8 Å². The van der Waals surface area contributed by atoms with E-state index in [2.05, 4.69) is 0 Å². The number of hydrogen-bond donors (Lipinski definition) is 0. The Hall–Kier alpha value is -4.51. The van der Waals surface area contributed by atoms with E-state index in [1.54, 1.807) is 19.9 Å². The molecular weight excluding hydrogens is 488 g/mol. The van der Waals surface area contributed by atoms with Crippen LogP contribution >= 0.6 is 0 Å². The molecule has 1 heterocycles. The fourth-order valence-corrected chi connectivity index (χ4v) is 5.15. The van der Waals surface area contributed by atoms with E-state index in [0.29, 0.717) is 9.89 Å². The smallest absolute Gasteiger partial charge is 0.342 e. The quantitative estimate of drug-likeness (QED) is 0.196. The van der Waals surface area contributed by atoms with E-state index in [4.69, 9.17) is 9.15 Å². The van der Waals surface area contributed by atoms with Crippen molar-refractivity contribution < 1.29 is 32.1 Å². The Balaban J connectivity index is 1.94. The summed E-state index contributed by atoms with van der Waals surface area (Å²) in [4.78, 5) is 36.6. The molecule has 184 valence electrons. The van der Waals surface area contributed by atoms with Crippen LogP contribution in [0.5, 0.6) is 0 Å². The van der Waals surface area contributed by atoms with Crippen LogP contribution in [-0.2, 0) is 14.8 Å². The number of fused-ring (bicyclic) bond motifs is 1. The lowest BCUT2D eigenvalue weighted by molar-refractivity contribution is -0.384. The van der Waals surface area contributed by atoms with Crippen LogP contribution in [0.4, 0.5) is 11.4 Å². The maximum atomic E-state index is 13.7. The minimum atomic E-state index is -4.47. The molecule has 0 radical (unpaired) electrons. The van der Waals surface area contributed by atoms with Gasteiger partial charge in [-0.05, 0) is 50.2 Å². The van der Waals surface area contributed by atoms with Gasteiger partial charge in [-0.1, -0.05) is 24.3 Å². The molecule has 0 N–H and O–H groups in total. The summed E-state index contributed by atoms with van der Waals surface area (Å²) in [7, 11) is -4.47. The molecule has 4 aromatic rings. The Bertz CT molecular complexity index is 1590. The zero-order valence-corrected chi connectivity index (χ0v) is 20.0. The van der Waals surface area contributed by atoms with Crippen LogP contribution in [0.3, 0.4) is 0 Å². The number of amides is 1. The summed E-state index contributed by atoms with van der Waals surface area (Å²) in [6, 6.07) is 16.2. The minimum absolute atomic E-state index is 0.0887. The molecule has 1 amide bonds. The maximum absolute atomic E-state index is 13.7. The number of hydrogen-bond acceptors (Lipinski definition) is 8. The monoisotopic (exact) mass is 508 g/mol. The van der Waals surface area contributed by atoms with Crippen molar-refractivity contribution >= 4 is 44.2 Å². The van der Waals surface area contributed by atoms with Gasteiger partial charge in [0.15, 0.2) is 0 Å². The molecule has 11 heteroatoms. The number of ether oxygens (including phenoxy) is 1. The second-order valence-corrected chi connectivity index (χ2v) is 9.42. The number of esters is 1. The van der Waals surface area contributed by atoms with Crippen molar-refractivity contribution in [2.24, 2.45) is 0 Å². The molecule has 36 heavy (non-hydrogen) atoms. The second-order valence-electron chi connectivity index (χ2n) is 7.63. The number of benzene rings is 3. The molecule has 1 aromatic heterocycles. The Morgan fingerprint density at radius 3 is 2.42 bits per heavy atom. The highest BCUT2D eigenvalue weighted by atomic mass is 32.2. The zero-order chi connectivity index (χ0) is 26.0. The molecule has 0 atom stereocenters. The maximum Gasteiger partial charge on any atom is 0.342 e. The number of rotatable bonds is 7. The predicted molar refractivity (Wildman–Crippen MR) is 130 cm³/mol. The summed E-state index contributed by atoms with van der Waals surface area (Å²) in [5.41, 5.74) is -0.275. The Labute approximate surface area is 205 Å². The molecule has 0 unspecified atom stereocenters. The van der Waals surface area contributed by atoms with Crippen molar-refractivity contribution in [3.63, 3.8) is 0 Å². The standard InChI is InChI=1S/C25H20N2O8S/c1-3-34-25(29)23-16(2)35-22-13-12-18(15-21(22)23)26(36(32,33)20-10-5-4-6-11-20)24(28)17-8-7-9-19(14-17)27(30)31/h4-15H,3H2,1-2H3. The van der Waals surface area contributed by atoms with Crippen molar-refractivity contribution in [2.45, 2.75) is 18.7 Å². The van der Waals surface area contributed by atoms with Gasteiger partial charge in [0.25, 0.3) is 21.6 Å². The van der Waals surface area contributed by atoms with Gasteiger partial charge >= 0.3 is 5.97 Å². The number of nitro benzene ring substituents is 1. The highest BCUT2D eigenvalue weighted by molar-refractivity contribution is 7.93. The molecule has 0 aliphatic carbocycles. The molecule has 0 spiro atoms. The normalized spacial score (nSPS) is 11.3. The Kier molecular flexibility index (Phi) is 6.58. The third-order valence-corrected chi connectivity index (χ3v) is 7.06. The highest BCUT2D eigenvalue weighted by Gasteiger charge is 2.33. The third-order valence-electron chi connectivity index (χ3n) is 5.33. The van der Waals surface area contributed by atoms with Gasteiger partial charge in [0.2, 0.25) is 0 Å². The molecule has 0 bridgehead atoms. The first-order chi connectivity index (χ1) is 17.1. The summed E-state index contributed by atoms with van der Waals surface area (Å²) in [5, 5.41) is 11.5. The van der Waals surface area contributed by atoms with Gasteiger partial charge in [-0.15, -0.1) is 0 Å². The van der Waals surface area contributed by atoms with Crippen molar-refractivity contribution in [3.05, 3.63) is 99.8 Å². The molecular formula is C25H20N2O8S. The summed E-state index contributed by atoms with van der Waals surface area (Å²) >= 11 is 0. The van der Waals surface area contributed by atoms with Crippen molar-refractivity contribution in [1.29, 1.82) is 0 Å². The lowest BCUT2D eigenvalue weighted by atomic mass is 10.1. The van der Waals surface area contributed by atoms with Gasteiger partial charge in [-0.2, -0.15) is 4.31 Å². The fourth-order valence-electron chi connectivity index (χ4n) is 3.72. The zero-order valence-electron chi connectivity index (χ0n) is 19.2. The predicted octanol–water partition coefficient (Wildman–Crippen LogP) is 4.86. The summed E-state index contributed by atoms with van der Waals surface area (Å²) in [5.74, 6) is -1.41. The van der Waals surface area contributed by atoms with Gasteiger partial charge in [-0.25, -0.2) is 13.2 Å². The van der Waals surface area contributed by atoms with Crippen molar-refractivity contribution in [2.75, 3.05) is 10.9 Å². The van der Waals surface area contributed by atoms with Crippen LogP contribution < -0.4 is 4.31 Å². The number of aryl methyl sites for hydroxylation is 1. The first-order valence-corrected chi connectivity index (χ1v) is 12.2. The molecule has 4 rings (SSSR count). The van der Waals surface area contributed by atoms with E-state index in [1.165, 1.54) is 60.7 Å². The van der Waals surface area contributed by atoms with E-state index in [-0.39, 0.29) is 45.2 Å². The number of anilines is 1. The van der Waals surface area contributed by atoms with Crippen LogP contribution in [0.2, 0.25) is 0 Å². The van der Waals surface area contributed by atoms with Gasteiger partial charge in [-0.3, -0.25) is 14.9 Å². The van der Waals surface area contributed by atoms with Gasteiger partial charge in [0, 0.05) is 23.1 Å². The van der Waals surface area contributed by atoms with Crippen LogP contribution in [0.1, 0.15) is 33.4 Å². The lowest BCUT2D eigenvalue weighted by Gasteiger charge is -2.23. The molecule has 0 aliphatic heterocycles. The average Bonchev–Trinajstić information content (AvgIpc) is 3.19. The topological polar surface area (TPSA) is 137 Å². The minimum Gasteiger partial charge on any atom is -0.462 e. The van der Waals surface area contributed by atoms with E-state index in [1.807, 2.05) is 0 Å². The van der Waals surface area contributed by atoms with E-state index >= 15 is 0 Å². The van der Waals surface area contributed by atoms with Gasteiger partial charge in [0.1, 0.15) is 16.9 Å². The van der Waals surface area contributed by atoms with Crippen LogP contribution in [0.15, 0.2) is 82.1 Å². The van der Waals surface area contributed by atoms with Crippen molar-refractivity contribution in [3.8, 4) is 0 Å². The lowest BCUT2D eigenvalue weighted by Crippen LogP contribution is -2.37. The number of non-ortho nitro benzene ring substituents is 1. The molecule has 3 aromatic carbocycles. The SMILES string of the molecule is CCOC(=O)c1c(C)oc2ccc(N(C(=O)c3cccc([N+](=O)[O-])c3)S(=O)(=O)c3ccccc3)cc12.